The van der Waals surface area contributed by atoms with Crippen LogP contribution in [-0.4, -0.2) is 38.4 Å². The minimum absolute atomic E-state index is 0.636. The number of hydrogen-bond acceptors (Lipinski definition) is 3. The quantitative estimate of drug-likeness (QED) is 0.903. The summed E-state index contributed by atoms with van der Waals surface area (Å²) >= 11 is 0. The summed E-state index contributed by atoms with van der Waals surface area (Å²) in [5.74, 6) is 0. The van der Waals surface area contributed by atoms with E-state index in [0.717, 1.165) is 19.8 Å². The van der Waals surface area contributed by atoms with Crippen LogP contribution in [0.4, 0.5) is 5.69 Å². The number of ether oxygens (including phenoxy) is 1. The van der Waals surface area contributed by atoms with Gasteiger partial charge in [0, 0.05) is 44.1 Å². The second-order valence-electron chi connectivity index (χ2n) is 5.67. The Balaban J connectivity index is 1.55. The van der Waals surface area contributed by atoms with Crippen LogP contribution in [-0.2, 0) is 4.74 Å². The Morgan fingerprint density at radius 2 is 1.79 bits per heavy atom. The Labute approximate surface area is 115 Å². The topological polar surface area (TPSA) is 24.5 Å². The number of para-hydroxylation sites is 1. The van der Waals surface area contributed by atoms with E-state index in [-0.39, 0.29) is 0 Å². The van der Waals surface area contributed by atoms with E-state index in [1.807, 2.05) is 0 Å². The molecule has 1 atom stereocenters. The van der Waals surface area contributed by atoms with Gasteiger partial charge in [0.25, 0.3) is 0 Å². The predicted octanol–water partition coefficient (Wildman–Crippen LogP) is 2.42. The van der Waals surface area contributed by atoms with Crippen molar-refractivity contribution in [3.8, 4) is 0 Å². The van der Waals surface area contributed by atoms with E-state index >= 15 is 0 Å². The normalized spacial score (nSPS) is 25.5. The second-order valence-corrected chi connectivity index (χ2v) is 5.67. The van der Waals surface area contributed by atoms with Gasteiger partial charge in [-0.1, -0.05) is 18.2 Å². The molecule has 0 bridgehead atoms. The minimum atomic E-state index is 0.636. The summed E-state index contributed by atoms with van der Waals surface area (Å²) in [6, 6.07) is 12.1. The highest BCUT2D eigenvalue weighted by Gasteiger charge is 2.23. The minimum Gasteiger partial charge on any atom is -0.381 e. The predicted molar refractivity (Wildman–Crippen MR) is 78.7 cm³/mol. The zero-order valence-corrected chi connectivity index (χ0v) is 11.6. The van der Waals surface area contributed by atoms with Crippen LogP contribution in [0.1, 0.15) is 25.7 Å². The Kier molecular flexibility index (Phi) is 4.36. The largest absolute Gasteiger partial charge is 0.381 e. The van der Waals surface area contributed by atoms with Gasteiger partial charge in [-0.05, 0) is 37.8 Å². The Hall–Kier alpha value is -1.06. The number of anilines is 1. The molecule has 0 spiro atoms. The van der Waals surface area contributed by atoms with Crippen molar-refractivity contribution >= 4 is 5.69 Å². The molecular formula is C16H24N2O. The molecule has 1 aromatic carbocycles. The van der Waals surface area contributed by atoms with Crippen LogP contribution in [0.5, 0.6) is 0 Å². The van der Waals surface area contributed by atoms with Crippen molar-refractivity contribution in [2.45, 2.75) is 37.8 Å². The van der Waals surface area contributed by atoms with E-state index in [1.165, 1.54) is 37.9 Å². The Morgan fingerprint density at radius 3 is 2.58 bits per heavy atom. The summed E-state index contributed by atoms with van der Waals surface area (Å²) in [5, 5.41) is 3.84. The Bertz CT molecular complexity index is 376. The second kappa shape index (κ2) is 6.40. The number of benzene rings is 1. The molecule has 2 saturated heterocycles. The molecule has 2 aliphatic rings. The highest BCUT2D eigenvalue weighted by Crippen LogP contribution is 2.20. The molecule has 1 N–H and O–H groups in total. The van der Waals surface area contributed by atoms with Crippen LogP contribution in [0.25, 0.3) is 0 Å². The van der Waals surface area contributed by atoms with Crippen molar-refractivity contribution < 1.29 is 4.74 Å². The van der Waals surface area contributed by atoms with E-state index in [9.17, 15) is 0 Å². The maximum Gasteiger partial charge on any atom is 0.0480 e. The van der Waals surface area contributed by atoms with Crippen molar-refractivity contribution in [2.24, 2.45) is 0 Å². The van der Waals surface area contributed by atoms with Crippen molar-refractivity contribution in [2.75, 3.05) is 31.2 Å². The van der Waals surface area contributed by atoms with E-state index in [4.69, 9.17) is 4.74 Å². The highest BCUT2D eigenvalue weighted by atomic mass is 16.5. The van der Waals surface area contributed by atoms with Crippen molar-refractivity contribution in [3.63, 3.8) is 0 Å². The van der Waals surface area contributed by atoms with E-state index in [1.54, 1.807) is 0 Å². The summed E-state index contributed by atoms with van der Waals surface area (Å²) in [6.45, 7) is 4.18. The van der Waals surface area contributed by atoms with Crippen molar-refractivity contribution in [1.29, 1.82) is 0 Å². The Morgan fingerprint density at radius 1 is 1.00 bits per heavy atom. The molecule has 2 fully saturated rings. The molecule has 2 heterocycles. The summed E-state index contributed by atoms with van der Waals surface area (Å²) in [7, 11) is 0. The fourth-order valence-corrected chi connectivity index (χ4v) is 3.18. The smallest absolute Gasteiger partial charge is 0.0480 e. The van der Waals surface area contributed by atoms with E-state index in [2.05, 4.69) is 40.5 Å². The summed E-state index contributed by atoms with van der Waals surface area (Å²) in [5.41, 5.74) is 1.36. The lowest BCUT2D eigenvalue weighted by atomic mass is 10.0. The number of hydrogen-bond donors (Lipinski definition) is 1. The van der Waals surface area contributed by atoms with Crippen LogP contribution in [0.15, 0.2) is 30.3 Å². The van der Waals surface area contributed by atoms with Gasteiger partial charge in [0.05, 0.1) is 0 Å². The number of piperidine rings is 1. The third kappa shape index (κ3) is 3.48. The number of nitrogens with one attached hydrogen (secondary N) is 1. The number of rotatable bonds is 3. The lowest BCUT2D eigenvalue weighted by Crippen LogP contribution is -2.50. The van der Waals surface area contributed by atoms with Crippen LogP contribution < -0.4 is 10.2 Å². The van der Waals surface area contributed by atoms with Gasteiger partial charge in [0.15, 0.2) is 0 Å². The molecule has 2 aliphatic heterocycles. The van der Waals surface area contributed by atoms with E-state index in [0.29, 0.717) is 12.1 Å². The first-order valence-electron chi connectivity index (χ1n) is 7.55. The molecule has 0 saturated carbocycles. The molecular weight excluding hydrogens is 236 g/mol. The fraction of sp³-hybridized carbons (Fsp3) is 0.625. The maximum absolute atomic E-state index is 5.43. The first-order chi connectivity index (χ1) is 9.42. The summed E-state index contributed by atoms with van der Waals surface area (Å²) < 4.78 is 5.43. The van der Waals surface area contributed by atoms with Gasteiger partial charge in [-0.15, -0.1) is 0 Å². The van der Waals surface area contributed by atoms with Crippen LogP contribution >= 0.6 is 0 Å². The highest BCUT2D eigenvalue weighted by molar-refractivity contribution is 5.46. The molecule has 3 heteroatoms. The molecule has 0 aliphatic carbocycles. The maximum atomic E-state index is 5.43. The van der Waals surface area contributed by atoms with Crippen LogP contribution in [0.3, 0.4) is 0 Å². The van der Waals surface area contributed by atoms with Gasteiger partial charge in [0.2, 0.25) is 0 Å². The SMILES string of the molecule is c1ccc(N2CCCC(NC3CCOCC3)C2)cc1. The first kappa shape index (κ1) is 12.9. The van der Waals surface area contributed by atoms with Gasteiger partial charge in [-0.2, -0.15) is 0 Å². The van der Waals surface area contributed by atoms with Gasteiger partial charge < -0.3 is 15.0 Å². The zero-order chi connectivity index (χ0) is 12.9. The zero-order valence-electron chi connectivity index (χ0n) is 11.6. The summed E-state index contributed by atoms with van der Waals surface area (Å²) in [6.07, 6.45) is 4.93. The lowest BCUT2D eigenvalue weighted by Gasteiger charge is -2.37. The molecule has 104 valence electrons. The molecule has 0 amide bonds. The average Bonchev–Trinajstić information content (AvgIpc) is 2.49. The van der Waals surface area contributed by atoms with Crippen molar-refractivity contribution in [3.05, 3.63) is 30.3 Å². The molecule has 19 heavy (non-hydrogen) atoms. The third-order valence-electron chi connectivity index (χ3n) is 4.24. The number of nitrogens with zero attached hydrogens (tertiary/aromatic N) is 1. The molecule has 0 radical (unpaired) electrons. The standard InChI is InChI=1S/C16H24N2O/c1-2-6-16(7-3-1)18-10-4-5-15(13-18)17-14-8-11-19-12-9-14/h1-3,6-7,14-15,17H,4-5,8-13H2. The van der Waals surface area contributed by atoms with Crippen molar-refractivity contribution in [1.82, 2.24) is 5.32 Å². The molecule has 1 unspecified atom stereocenters. The van der Waals surface area contributed by atoms with Gasteiger partial charge in [-0.25, -0.2) is 0 Å². The monoisotopic (exact) mass is 260 g/mol. The molecule has 3 rings (SSSR count). The van der Waals surface area contributed by atoms with Gasteiger partial charge in [0.1, 0.15) is 0 Å². The molecule has 1 aromatic rings. The van der Waals surface area contributed by atoms with E-state index < -0.39 is 0 Å². The first-order valence-corrected chi connectivity index (χ1v) is 7.55. The lowest BCUT2D eigenvalue weighted by molar-refractivity contribution is 0.0742. The van der Waals surface area contributed by atoms with Gasteiger partial charge in [-0.3, -0.25) is 0 Å². The van der Waals surface area contributed by atoms with Crippen LogP contribution in [0.2, 0.25) is 0 Å². The average molecular weight is 260 g/mol. The van der Waals surface area contributed by atoms with Crippen LogP contribution in [0, 0.1) is 0 Å². The molecule has 3 nitrogen and oxygen atoms in total. The summed E-state index contributed by atoms with van der Waals surface area (Å²) in [4.78, 5) is 2.51. The van der Waals surface area contributed by atoms with Gasteiger partial charge >= 0.3 is 0 Å². The molecule has 0 aromatic heterocycles. The third-order valence-corrected chi connectivity index (χ3v) is 4.24. The fourth-order valence-electron chi connectivity index (χ4n) is 3.18.